The fourth-order valence-electron chi connectivity index (χ4n) is 1.67. The van der Waals surface area contributed by atoms with Gasteiger partial charge < -0.3 is 11.1 Å². The van der Waals surface area contributed by atoms with Gasteiger partial charge in [0, 0.05) is 10.6 Å². The molecule has 0 radical (unpaired) electrons. The molecule has 0 spiro atoms. The van der Waals surface area contributed by atoms with Gasteiger partial charge in [0.15, 0.2) is 0 Å². The second kappa shape index (κ2) is 6.43. The van der Waals surface area contributed by atoms with E-state index in [1.807, 2.05) is 31.2 Å². The number of anilines is 2. The number of benzene rings is 2. The molecule has 0 saturated heterocycles. The highest BCUT2D eigenvalue weighted by atomic mass is 32.2. The molecular weight excluding hydrogens is 275 g/mol. The predicted molar refractivity (Wildman–Crippen MR) is 81.3 cm³/mol. The van der Waals surface area contributed by atoms with E-state index in [9.17, 15) is 9.18 Å². The third-order valence-corrected chi connectivity index (χ3v) is 3.63. The number of carbonyl (C=O) groups is 1. The number of thioether (sulfide) groups is 1. The summed E-state index contributed by atoms with van der Waals surface area (Å²) in [4.78, 5) is 12.8. The number of hydrogen-bond acceptors (Lipinski definition) is 3. The number of carbonyl (C=O) groups excluding carboxylic acids is 1. The van der Waals surface area contributed by atoms with Crippen LogP contribution in [-0.2, 0) is 4.79 Å². The first kappa shape index (κ1) is 14.4. The topological polar surface area (TPSA) is 55.1 Å². The smallest absolute Gasteiger partial charge is 0.234 e. The average Bonchev–Trinajstić information content (AvgIpc) is 2.41. The second-order valence-corrected chi connectivity index (χ2v) is 5.44. The summed E-state index contributed by atoms with van der Waals surface area (Å²) in [5.74, 6) is -0.347. The Hall–Kier alpha value is -2.01. The molecule has 1 amide bonds. The third kappa shape index (κ3) is 3.99. The maximum absolute atomic E-state index is 13.0. The Bertz CT molecular complexity index is 631. The molecule has 0 fully saturated rings. The number of nitrogen functional groups attached to an aromatic ring is 1. The SMILES string of the molecule is Cc1cccc(SCC(=O)Nc2ccc(F)c(N)c2)c1. The molecule has 0 atom stereocenters. The molecule has 2 aromatic rings. The van der Waals surface area contributed by atoms with Crippen molar-refractivity contribution < 1.29 is 9.18 Å². The molecule has 104 valence electrons. The summed E-state index contributed by atoms with van der Waals surface area (Å²) in [6.07, 6.45) is 0. The van der Waals surface area contributed by atoms with Crippen LogP contribution < -0.4 is 11.1 Å². The van der Waals surface area contributed by atoms with Crippen molar-refractivity contribution in [3.05, 3.63) is 53.8 Å². The molecule has 0 bridgehead atoms. The van der Waals surface area contributed by atoms with Crippen molar-refractivity contribution in [1.29, 1.82) is 0 Å². The lowest BCUT2D eigenvalue weighted by molar-refractivity contribution is -0.113. The van der Waals surface area contributed by atoms with Crippen LogP contribution in [0.15, 0.2) is 47.4 Å². The highest BCUT2D eigenvalue weighted by Gasteiger charge is 2.05. The number of nitrogens with two attached hydrogens (primary N) is 1. The maximum Gasteiger partial charge on any atom is 0.234 e. The lowest BCUT2D eigenvalue weighted by Crippen LogP contribution is -2.14. The largest absolute Gasteiger partial charge is 0.396 e. The lowest BCUT2D eigenvalue weighted by atomic mass is 10.2. The second-order valence-electron chi connectivity index (χ2n) is 4.39. The quantitative estimate of drug-likeness (QED) is 0.670. The number of amides is 1. The van der Waals surface area contributed by atoms with Gasteiger partial charge >= 0.3 is 0 Å². The van der Waals surface area contributed by atoms with E-state index in [1.165, 1.54) is 30.0 Å². The van der Waals surface area contributed by atoms with Gasteiger partial charge in [0.05, 0.1) is 11.4 Å². The van der Waals surface area contributed by atoms with Crippen molar-refractivity contribution >= 4 is 29.0 Å². The van der Waals surface area contributed by atoms with Crippen LogP contribution in [0.3, 0.4) is 0 Å². The Morgan fingerprint density at radius 3 is 2.80 bits per heavy atom. The minimum absolute atomic E-state index is 0.0223. The highest BCUT2D eigenvalue weighted by molar-refractivity contribution is 8.00. The molecule has 0 heterocycles. The summed E-state index contributed by atoms with van der Waals surface area (Å²) in [6, 6.07) is 12.1. The van der Waals surface area contributed by atoms with Crippen LogP contribution in [0, 0.1) is 12.7 Å². The summed E-state index contributed by atoms with van der Waals surface area (Å²) < 4.78 is 13.0. The van der Waals surface area contributed by atoms with E-state index in [1.54, 1.807) is 0 Å². The van der Waals surface area contributed by atoms with Crippen LogP contribution in [0.5, 0.6) is 0 Å². The van der Waals surface area contributed by atoms with Crippen molar-refractivity contribution in [1.82, 2.24) is 0 Å². The number of aryl methyl sites for hydroxylation is 1. The van der Waals surface area contributed by atoms with Gasteiger partial charge in [-0.1, -0.05) is 17.7 Å². The van der Waals surface area contributed by atoms with Crippen LogP contribution >= 0.6 is 11.8 Å². The van der Waals surface area contributed by atoms with Gasteiger partial charge in [-0.3, -0.25) is 4.79 Å². The van der Waals surface area contributed by atoms with Crippen molar-refractivity contribution in [2.45, 2.75) is 11.8 Å². The molecule has 0 aliphatic heterocycles. The molecule has 20 heavy (non-hydrogen) atoms. The van der Waals surface area contributed by atoms with Gasteiger partial charge in [-0.25, -0.2) is 4.39 Å². The summed E-state index contributed by atoms with van der Waals surface area (Å²) >= 11 is 1.45. The highest BCUT2D eigenvalue weighted by Crippen LogP contribution is 2.20. The number of nitrogens with one attached hydrogen (secondary N) is 1. The lowest BCUT2D eigenvalue weighted by Gasteiger charge is -2.06. The first-order chi connectivity index (χ1) is 9.54. The molecule has 0 unspecified atom stereocenters. The van der Waals surface area contributed by atoms with Crippen LogP contribution in [0.4, 0.5) is 15.8 Å². The molecule has 3 nitrogen and oxygen atoms in total. The van der Waals surface area contributed by atoms with E-state index in [0.717, 1.165) is 10.5 Å². The van der Waals surface area contributed by atoms with Gasteiger partial charge in [0.25, 0.3) is 0 Å². The van der Waals surface area contributed by atoms with Gasteiger partial charge in [0.2, 0.25) is 5.91 Å². The predicted octanol–water partition coefficient (Wildman–Crippen LogP) is 3.45. The Balaban J connectivity index is 1.91. The van der Waals surface area contributed by atoms with Crippen molar-refractivity contribution in [3.63, 3.8) is 0 Å². The van der Waals surface area contributed by atoms with E-state index >= 15 is 0 Å². The Kier molecular flexibility index (Phi) is 4.63. The van der Waals surface area contributed by atoms with E-state index < -0.39 is 5.82 Å². The Morgan fingerprint density at radius 1 is 1.30 bits per heavy atom. The standard InChI is InChI=1S/C15H15FN2OS/c1-10-3-2-4-12(7-10)20-9-15(19)18-11-5-6-13(16)14(17)8-11/h2-8H,9,17H2,1H3,(H,18,19). The van der Waals surface area contributed by atoms with Crippen LogP contribution in [-0.4, -0.2) is 11.7 Å². The molecule has 2 rings (SSSR count). The minimum Gasteiger partial charge on any atom is -0.396 e. The monoisotopic (exact) mass is 290 g/mol. The zero-order valence-corrected chi connectivity index (χ0v) is 11.8. The van der Waals surface area contributed by atoms with Crippen LogP contribution in [0.2, 0.25) is 0 Å². The van der Waals surface area contributed by atoms with Gasteiger partial charge in [-0.2, -0.15) is 0 Å². The fraction of sp³-hybridized carbons (Fsp3) is 0.133. The fourth-order valence-corrected chi connectivity index (χ4v) is 2.49. The zero-order valence-electron chi connectivity index (χ0n) is 11.0. The summed E-state index contributed by atoms with van der Waals surface area (Å²) in [5.41, 5.74) is 7.12. The third-order valence-electron chi connectivity index (χ3n) is 2.64. The minimum atomic E-state index is -0.489. The molecular formula is C15H15FN2OS. The number of halogens is 1. The Labute approximate surface area is 121 Å². The molecule has 3 N–H and O–H groups in total. The van der Waals surface area contributed by atoms with Crippen LogP contribution in [0.1, 0.15) is 5.56 Å². The molecule has 0 saturated carbocycles. The molecule has 0 aliphatic rings. The van der Waals surface area contributed by atoms with Crippen molar-refractivity contribution in [2.24, 2.45) is 0 Å². The van der Waals surface area contributed by atoms with E-state index in [4.69, 9.17) is 5.73 Å². The van der Waals surface area contributed by atoms with Gasteiger partial charge in [-0.15, -0.1) is 11.8 Å². The maximum atomic E-state index is 13.0. The average molecular weight is 290 g/mol. The summed E-state index contributed by atoms with van der Waals surface area (Å²) in [7, 11) is 0. The molecule has 2 aromatic carbocycles. The van der Waals surface area contributed by atoms with Crippen molar-refractivity contribution in [3.8, 4) is 0 Å². The first-order valence-corrected chi connectivity index (χ1v) is 7.07. The van der Waals surface area contributed by atoms with Crippen molar-refractivity contribution in [2.75, 3.05) is 16.8 Å². The number of hydrogen-bond donors (Lipinski definition) is 2. The zero-order chi connectivity index (χ0) is 14.5. The Morgan fingerprint density at radius 2 is 2.10 bits per heavy atom. The van der Waals surface area contributed by atoms with E-state index in [-0.39, 0.29) is 11.6 Å². The van der Waals surface area contributed by atoms with Crippen LogP contribution in [0.25, 0.3) is 0 Å². The van der Waals surface area contributed by atoms with Gasteiger partial charge in [-0.05, 0) is 37.3 Å². The van der Waals surface area contributed by atoms with E-state index in [0.29, 0.717) is 11.4 Å². The van der Waals surface area contributed by atoms with Gasteiger partial charge in [0.1, 0.15) is 5.82 Å². The molecule has 0 aromatic heterocycles. The first-order valence-electron chi connectivity index (χ1n) is 6.09. The number of rotatable bonds is 4. The summed E-state index contributed by atoms with van der Waals surface area (Å²) in [5, 5.41) is 2.69. The van der Waals surface area contributed by atoms with E-state index in [2.05, 4.69) is 5.32 Å². The normalized spacial score (nSPS) is 10.3. The molecule has 0 aliphatic carbocycles. The molecule has 5 heteroatoms. The summed E-state index contributed by atoms with van der Waals surface area (Å²) in [6.45, 7) is 2.01.